The van der Waals surface area contributed by atoms with Gasteiger partial charge in [0.05, 0.1) is 6.61 Å². The standard InChI is InChI=1S/C14H18BrN3O2/c1-3-18-13(16-10-17-18)9-20-14-11(8-15)6-5-7-12(14)19-4-2/h5-7,10H,3-4,8-9H2,1-2H3. The summed E-state index contributed by atoms with van der Waals surface area (Å²) >= 11 is 3.47. The first kappa shape index (κ1) is 14.8. The molecule has 5 nitrogen and oxygen atoms in total. The first-order valence-electron chi connectivity index (χ1n) is 6.60. The van der Waals surface area contributed by atoms with Gasteiger partial charge in [0, 0.05) is 17.4 Å². The van der Waals surface area contributed by atoms with Crippen molar-refractivity contribution in [2.45, 2.75) is 32.3 Å². The second-order valence-electron chi connectivity index (χ2n) is 4.09. The number of hydrogen-bond acceptors (Lipinski definition) is 4. The fourth-order valence-electron chi connectivity index (χ4n) is 1.90. The summed E-state index contributed by atoms with van der Waals surface area (Å²) in [6.07, 6.45) is 1.54. The fourth-order valence-corrected chi connectivity index (χ4v) is 2.34. The van der Waals surface area contributed by atoms with E-state index in [-0.39, 0.29) is 0 Å². The van der Waals surface area contributed by atoms with Gasteiger partial charge in [-0.05, 0) is 19.9 Å². The van der Waals surface area contributed by atoms with Crippen LogP contribution in [0.15, 0.2) is 24.5 Å². The highest BCUT2D eigenvalue weighted by atomic mass is 79.9. The third-order valence-corrected chi connectivity index (χ3v) is 3.45. The highest BCUT2D eigenvalue weighted by Gasteiger charge is 2.12. The van der Waals surface area contributed by atoms with Crippen molar-refractivity contribution in [1.29, 1.82) is 0 Å². The maximum absolute atomic E-state index is 5.92. The molecule has 0 bridgehead atoms. The molecule has 1 aromatic heterocycles. The lowest BCUT2D eigenvalue weighted by atomic mass is 10.2. The number of para-hydroxylation sites is 1. The van der Waals surface area contributed by atoms with Crippen LogP contribution < -0.4 is 9.47 Å². The number of benzene rings is 1. The summed E-state index contributed by atoms with van der Waals surface area (Å²) in [5, 5.41) is 4.85. The topological polar surface area (TPSA) is 49.2 Å². The van der Waals surface area contributed by atoms with Gasteiger partial charge in [0.25, 0.3) is 0 Å². The highest BCUT2D eigenvalue weighted by Crippen LogP contribution is 2.33. The predicted octanol–water partition coefficient (Wildman–Crippen LogP) is 3.17. The summed E-state index contributed by atoms with van der Waals surface area (Å²) in [5.41, 5.74) is 1.05. The van der Waals surface area contributed by atoms with Crippen molar-refractivity contribution < 1.29 is 9.47 Å². The molecule has 0 saturated carbocycles. The van der Waals surface area contributed by atoms with Gasteiger partial charge in [-0.2, -0.15) is 5.10 Å². The minimum atomic E-state index is 0.373. The molecule has 0 spiro atoms. The summed E-state index contributed by atoms with van der Waals surface area (Å²) in [6, 6.07) is 5.88. The molecule has 0 aliphatic carbocycles. The molecule has 0 unspecified atom stereocenters. The van der Waals surface area contributed by atoms with Gasteiger partial charge in [0.1, 0.15) is 12.9 Å². The van der Waals surface area contributed by atoms with Crippen LogP contribution in [0.25, 0.3) is 0 Å². The van der Waals surface area contributed by atoms with Crippen molar-refractivity contribution in [3.05, 3.63) is 35.9 Å². The number of aromatic nitrogens is 3. The molecule has 0 radical (unpaired) electrons. The molecule has 20 heavy (non-hydrogen) atoms. The molecule has 1 aromatic carbocycles. The number of alkyl halides is 1. The summed E-state index contributed by atoms with van der Waals surface area (Å²) < 4.78 is 13.4. The Hall–Kier alpha value is -1.56. The van der Waals surface area contributed by atoms with E-state index in [1.165, 1.54) is 0 Å². The van der Waals surface area contributed by atoms with Crippen molar-refractivity contribution in [3.63, 3.8) is 0 Å². The average molecular weight is 340 g/mol. The monoisotopic (exact) mass is 339 g/mol. The number of ether oxygens (including phenoxy) is 2. The number of nitrogens with zero attached hydrogens (tertiary/aromatic N) is 3. The van der Waals surface area contributed by atoms with Crippen LogP contribution in [0.1, 0.15) is 25.2 Å². The van der Waals surface area contributed by atoms with Crippen LogP contribution in [0.4, 0.5) is 0 Å². The second kappa shape index (κ2) is 7.28. The minimum absolute atomic E-state index is 0.373. The van der Waals surface area contributed by atoms with Gasteiger partial charge in [-0.25, -0.2) is 9.67 Å². The molecule has 0 aliphatic heterocycles. The van der Waals surface area contributed by atoms with E-state index < -0.39 is 0 Å². The Morgan fingerprint density at radius 3 is 2.80 bits per heavy atom. The fraction of sp³-hybridized carbons (Fsp3) is 0.429. The van der Waals surface area contributed by atoms with Gasteiger partial charge in [-0.15, -0.1) is 0 Å². The summed E-state index contributed by atoms with van der Waals surface area (Å²) in [6.45, 7) is 5.73. The summed E-state index contributed by atoms with van der Waals surface area (Å²) in [5.74, 6) is 2.32. The Balaban J connectivity index is 2.19. The van der Waals surface area contributed by atoms with Gasteiger partial charge in [-0.3, -0.25) is 0 Å². The van der Waals surface area contributed by atoms with Crippen LogP contribution in [0.5, 0.6) is 11.5 Å². The third kappa shape index (κ3) is 3.30. The molecular formula is C14H18BrN3O2. The lowest BCUT2D eigenvalue weighted by molar-refractivity contribution is 0.256. The Kier molecular flexibility index (Phi) is 5.40. The highest BCUT2D eigenvalue weighted by molar-refractivity contribution is 9.08. The van der Waals surface area contributed by atoms with Crippen LogP contribution in [-0.4, -0.2) is 21.4 Å². The number of halogens is 1. The zero-order chi connectivity index (χ0) is 14.4. The molecule has 0 atom stereocenters. The van der Waals surface area contributed by atoms with Crippen LogP contribution in [-0.2, 0) is 18.5 Å². The van der Waals surface area contributed by atoms with E-state index in [0.717, 1.165) is 29.4 Å². The zero-order valence-corrected chi connectivity index (χ0v) is 13.3. The summed E-state index contributed by atoms with van der Waals surface area (Å²) in [7, 11) is 0. The Labute approximate surface area is 127 Å². The lowest BCUT2D eigenvalue weighted by Crippen LogP contribution is -2.08. The third-order valence-electron chi connectivity index (χ3n) is 2.85. The van der Waals surface area contributed by atoms with Gasteiger partial charge in [0.15, 0.2) is 17.3 Å². The van der Waals surface area contributed by atoms with Crippen LogP contribution in [0, 0.1) is 0 Å². The molecule has 2 rings (SSSR count). The Bertz CT molecular complexity index is 557. The van der Waals surface area contributed by atoms with E-state index in [2.05, 4.69) is 26.0 Å². The number of aryl methyl sites for hydroxylation is 1. The number of rotatable bonds is 7. The molecule has 0 saturated heterocycles. The largest absolute Gasteiger partial charge is 0.490 e. The van der Waals surface area contributed by atoms with E-state index in [1.807, 2.05) is 36.7 Å². The van der Waals surface area contributed by atoms with E-state index >= 15 is 0 Å². The van der Waals surface area contributed by atoms with Crippen molar-refractivity contribution in [2.24, 2.45) is 0 Å². The summed E-state index contributed by atoms with van der Waals surface area (Å²) in [4.78, 5) is 4.21. The van der Waals surface area contributed by atoms with Crippen molar-refractivity contribution >= 4 is 15.9 Å². The normalized spacial score (nSPS) is 10.6. The predicted molar refractivity (Wildman–Crippen MR) is 80.3 cm³/mol. The Morgan fingerprint density at radius 1 is 1.25 bits per heavy atom. The second-order valence-corrected chi connectivity index (χ2v) is 4.65. The van der Waals surface area contributed by atoms with Gasteiger partial charge < -0.3 is 9.47 Å². The van der Waals surface area contributed by atoms with Gasteiger partial charge in [-0.1, -0.05) is 28.1 Å². The van der Waals surface area contributed by atoms with Crippen molar-refractivity contribution in [1.82, 2.24) is 14.8 Å². The lowest BCUT2D eigenvalue weighted by Gasteiger charge is -2.14. The van der Waals surface area contributed by atoms with Crippen LogP contribution >= 0.6 is 15.9 Å². The number of hydrogen-bond donors (Lipinski definition) is 0. The first-order valence-corrected chi connectivity index (χ1v) is 7.72. The maximum Gasteiger partial charge on any atom is 0.165 e. The minimum Gasteiger partial charge on any atom is -0.490 e. The van der Waals surface area contributed by atoms with Crippen LogP contribution in [0.3, 0.4) is 0 Å². The van der Waals surface area contributed by atoms with Crippen molar-refractivity contribution in [2.75, 3.05) is 6.61 Å². The van der Waals surface area contributed by atoms with Crippen LogP contribution in [0.2, 0.25) is 0 Å². The Morgan fingerprint density at radius 2 is 2.10 bits per heavy atom. The van der Waals surface area contributed by atoms with Gasteiger partial charge in [0.2, 0.25) is 0 Å². The van der Waals surface area contributed by atoms with E-state index in [0.29, 0.717) is 18.5 Å². The van der Waals surface area contributed by atoms with E-state index in [9.17, 15) is 0 Å². The molecule has 0 fully saturated rings. The van der Waals surface area contributed by atoms with Crippen molar-refractivity contribution in [3.8, 4) is 11.5 Å². The molecule has 1 heterocycles. The van der Waals surface area contributed by atoms with E-state index in [1.54, 1.807) is 6.33 Å². The molecule has 0 N–H and O–H groups in total. The SMILES string of the molecule is CCOc1cccc(CBr)c1OCc1ncnn1CC. The molecule has 2 aromatic rings. The quantitative estimate of drug-likeness (QED) is 0.727. The maximum atomic E-state index is 5.92. The zero-order valence-electron chi connectivity index (χ0n) is 11.7. The first-order chi connectivity index (χ1) is 9.80. The molecule has 0 aliphatic rings. The van der Waals surface area contributed by atoms with E-state index in [4.69, 9.17) is 9.47 Å². The molecule has 108 valence electrons. The average Bonchev–Trinajstić information content (AvgIpc) is 2.93. The molecule has 0 amide bonds. The molecular weight excluding hydrogens is 322 g/mol. The molecule has 6 heteroatoms. The van der Waals surface area contributed by atoms with Gasteiger partial charge >= 0.3 is 0 Å². The smallest absolute Gasteiger partial charge is 0.165 e.